The summed E-state index contributed by atoms with van der Waals surface area (Å²) < 4.78 is 23.6. The zero-order valence-electron chi connectivity index (χ0n) is 12.3. The normalized spacial score (nSPS) is 28.9. The lowest BCUT2D eigenvalue weighted by Gasteiger charge is -2.36. The van der Waals surface area contributed by atoms with Crippen LogP contribution in [0.4, 0.5) is 0 Å². The topological polar surface area (TPSA) is 46.2 Å². The highest BCUT2D eigenvalue weighted by Gasteiger charge is 2.34. The highest BCUT2D eigenvalue weighted by atomic mass is 32.2. The summed E-state index contributed by atoms with van der Waals surface area (Å²) in [5.74, 6) is 1.26. The van der Waals surface area contributed by atoms with E-state index >= 15 is 0 Å². The molecule has 3 nitrogen and oxygen atoms in total. The van der Waals surface area contributed by atoms with Crippen molar-refractivity contribution in [3.05, 3.63) is 0 Å². The van der Waals surface area contributed by atoms with Gasteiger partial charge in [-0.15, -0.1) is 0 Å². The third-order valence-electron chi connectivity index (χ3n) is 4.30. The monoisotopic (exact) mass is 275 g/mol. The van der Waals surface area contributed by atoms with Gasteiger partial charge in [0.15, 0.2) is 9.84 Å². The fourth-order valence-corrected chi connectivity index (χ4v) is 3.95. The molecule has 0 aromatic carbocycles. The van der Waals surface area contributed by atoms with Crippen LogP contribution >= 0.6 is 0 Å². The molecule has 1 saturated carbocycles. The van der Waals surface area contributed by atoms with Crippen LogP contribution in [-0.4, -0.2) is 32.5 Å². The van der Waals surface area contributed by atoms with Crippen molar-refractivity contribution >= 4 is 9.84 Å². The fraction of sp³-hybridized carbons (Fsp3) is 1.00. The molecule has 0 bridgehead atoms. The van der Waals surface area contributed by atoms with Crippen LogP contribution in [-0.2, 0) is 9.84 Å². The number of hydrogen-bond donors (Lipinski definition) is 1. The number of rotatable bonds is 6. The molecule has 4 heteroatoms. The lowest BCUT2D eigenvalue weighted by atomic mass is 9.78. The molecule has 0 radical (unpaired) electrons. The van der Waals surface area contributed by atoms with Crippen LogP contribution in [0, 0.1) is 11.8 Å². The maximum atomic E-state index is 11.8. The fourth-order valence-electron chi connectivity index (χ4n) is 3.10. The van der Waals surface area contributed by atoms with Crippen LogP contribution in [0.3, 0.4) is 0 Å². The summed E-state index contributed by atoms with van der Waals surface area (Å²) in [4.78, 5) is 0. The van der Waals surface area contributed by atoms with Gasteiger partial charge in [-0.05, 0) is 44.6 Å². The standard InChI is InChI=1S/C14H29NO2S/c1-5-9-15-14(12(3)18(4,16)17)13-8-6-7-11(2)10-13/h11-15H,5-10H2,1-4H3. The predicted octanol–water partition coefficient (Wildman–Crippen LogP) is 2.61. The summed E-state index contributed by atoms with van der Waals surface area (Å²) in [6.07, 6.45) is 7.30. The smallest absolute Gasteiger partial charge is 0.151 e. The molecule has 1 aliphatic carbocycles. The summed E-state index contributed by atoms with van der Waals surface area (Å²) >= 11 is 0. The summed E-state index contributed by atoms with van der Waals surface area (Å²) in [7, 11) is -2.96. The van der Waals surface area contributed by atoms with Gasteiger partial charge in [0.25, 0.3) is 0 Å². The first-order valence-electron chi connectivity index (χ1n) is 7.28. The average Bonchev–Trinajstić information content (AvgIpc) is 2.28. The van der Waals surface area contributed by atoms with Crippen molar-refractivity contribution in [2.75, 3.05) is 12.8 Å². The third kappa shape index (κ3) is 4.54. The zero-order valence-corrected chi connectivity index (χ0v) is 13.1. The van der Waals surface area contributed by atoms with E-state index < -0.39 is 9.84 Å². The second-order valence-corrected chi connectivity index (χ2v) is 8.45. The number of hydrogen-bond acceptors (Lipinski definition) is 3. The van der Waals surface area contributed by atoms with Crippen molar-refractivity contribution in [1.29, 1.82) is 0 Å². The maximum Gasteiger partial charge on any atom is 0.151 e. The largest absolute Gasteiger partial charge is 0.312 e. The van der Waals surface area contributed by atoms with E-state index in [0.29, 0.717) is 5.92 Å². The number of nitrogens with one attached hydrogen (secondary N) is 1. The van der Waals surface area contributed by atoms with Crippen molar-refractivity contribution < 1.29 is 8.42 Å². The van der Waals surface area contributed by atoms with Gasteiger partial charge in [0.2, 0.25) is 0 Å². The van der Waals surface area contributed by atoms with Gasteiger partial charge in [0, 0.05) is 12.3 Å². The van der Waals surface area contributed by atoms with Gasteiger partial charge in [-0.1, -0.05) is 26.7 Å². The Morgan fingerprint density at radius 3 is 2.50 bits per heavy atom. The van der Waals surface area contributed by atoms with Crippen LogP contribution in [0.1, 0.15) is 52.9 Å². The van der Waals surface area contributed by atoms with E-state index in [4.69, 9.17) is 0 Å². The van der Waals surface area contributed by atoms with E-state index in [1.807, 2.05) is 6.92 Å². The Bertz CT molecular complexity index is 340. The van der Waals surface area contributed by atoms with Crippen LogP contribution in [0.15, 0.2) is 0 Å². The molecule has 0 aromatic heterocycles. The van der Waals surface area contributed by atoms with Gasteiger partial charge in [0.05, 0.1) is 5.25 Å². The van der Waals surface area contributed by atoms with Gasteiger partial charge in [-0.3, -0.25) is 0 Å². The van der Waals surface area contributed by atoms with Crippen molar-refractivity contribution in [2.24, 2.45) is 11.8 Å². The maximum absolute atomic E-state index is 11.8. The van der Waals surface area contributed by atoms with E-state index in [2.05, 4.69) is 19.2 Å². The summed E-state index contributed by atoms with van der Waals surface area (Å²) in [6.45, 7) is 7.18. The van der Waals surface area contributed by atoms with Crippen LogP contribution in [0.5, 0.6) is 0 Å². The Morgan fingerprint density at radius 1 is 1.33 bits per heavy atom. The molecule has 0 aromatic rings. The molecule has 4 unspecified atom stereocenters. The van der Waals surface area contributed by atoms with Gasteiger partial charge >= 0.3 is 0 Å². The second kappa shape index (κ2) is 6.90. The molecular formula is C14H29NO2S. The quantitative estimate of drug-likeness (QED) is 0.810. The van der Waals surface area contributed by atoms with Crippen molar-refractivity contribution in [3.63, 3.8) is 0 Å². The molecule has 108 valence electrons. The van der Waals surface area contributed by atoms with Crippen LogP contribution in [0.2, 0.25) is 0 Å². The first kappa shape index (κ1) is 16.0. The van der Waals surface area contributed by atoms with E-state index in [1.54, 1.807) is 0 Å². The third-order valence-corrected chi connectivity index (χ3v) is 5.94. The van der Waals surface area contributed by atoms with Crippen LogP contribution in [0.25, 0.3) is 0 Å². The lowest BCUT2D eigenvalue weighted by Crippen LogP contribution is -2.48. The lowest BCUT2D eigenvalue weighted by molar-refractivity contribution is 0.219. The SMILES string of the molecule is CCCNC(C1CCCC(C)C1)C(C)S(C)(=O)=O. The molecule has 4 atom stereocenters. The van der Waals surface area contributed by atoms with E-state index in [0.717, 1.165) is 18.9 Å². The Hall–Kier alpha value is -0.0900. The number of sulfone groups is 1. The molecule has 1 aliphatic rings. The molecular weight excluding hydrogens is 246 g/mol. The summed E-state index contributed by atoms with van der Waals surface area (Å²) in [6, 6.07) is 0.127. The molecule has 1 fully saturated rings. The molecule has 0 heterocycles. The zero-order chi connectivity index (χ0) is 13.8. The molecule has 1 rings (SSSR count). The van der Waals surface area contributed by atoms with Gasteiger partial charge in [0.1, 0.15) is 0 Å². The highest BCUT2D eigenvalue weighted by Crippen LogP contribution is 2.32. The molecule has 1 N–H and O–H groups in total. The van der Waals surface area contributed by atoms with E-state index in [9.17, 15) is 8.42 Å². The Balaban J connectivity index is 2.76. The molecule has 0 spiro atoms. The molecule has 0 saturated heterocycles. The van der Waals surface area contributed by atoms with Crippen molar-refractivity contribution in [1.82, 2.24) is 5.32 Å². The Morgan fingerprint density at radius 2 is 2.00 bits per heavy atom. The first-order chi connectivity index (χ1) is 8.36. The summed E-state index contributed by atoms with van der Waals surface area (Å²) in [5.41, 5.74) is 0. The van der Waals surface area contributed by atoms with E-state index in [-0.39, 0.29) is 11.3 Å². The second-order valence-electron chi connectivity index (χ2n) is 6.05. The van der Waals surface area contributed by atoms with E-state index in [1.165, 1.54) is 31.9 Å². The van der Waals surface area contributed by atoms with Crippen LogP contribution < -0.4 is 5.32 Å². The van der Waals surface area contributed by atoms with Crippen molar-refractivity contribution in [3.8, 4) is 0 Å². The molecule has 0 aliphatic heterocycles. The minimum absolute atomic E-state index is 0.127. The average molecular weight is 275 g/mol. The van der Waals surface area contributed by atoms with Gasteiger partial charge in [-0.2, -0.15) is 0 Å². The first-order valence-corrected chi connectivity index (χ1v) is 9.24. The van der Waals surface area contributed by atoms with Gasteiger partial charge < -0.3 is 5.32 Å². The molecule has 0 amide bonds. The highest BCUT2D eigenvalue weighted by molar-refractivity contribution is 7.91. The minimum atomic E-state index is -2.96. The Labute approximate surface area is 113 Å². The predicted molar refractivity (Wildman–Crippen MR) is 77.5 cm³/mol. The minimum Gasteiger partial charge on any atom is -0.312 e. The Kier molecular flexibility index (Phi) is 6.12. The van der Waals surface area contributed by atoms with Gasteiger partial charge in [-0.25, -0.2) is 8.42 Å². The molecule has 18 heavy (non-hydrogen) atoms. The summed E-state index contributed by atoms with van der Waals surface area (Å²) in [5, 5.41) is 3.21. The van der Waals surface area contributed by atoms with Crippen molar-refractivity contribution in [2.45, 2.75) is 64.2 Å².